The zero-order valence-electron chi connectivity index (χ0n) is 13.3. The van der Waals surface area contributed by atoms with E-state index in [1.165, 1.54) is 0 Å². The van der Waals surface area contributed by atoms with E-state index in [-0.39, 0.29) is 5.91 Å². The van der Waals surface area contributed by atoms with Crippen molar-refractivity contribution in [2.75, 3.05) is 5.32 Å². The smallest absolute Gasteiger partial charge is 0.255 e. The lowest BCUT2D eigenvalue weighted by atomic mass is 9.95. The second-order valence-corrected chi connectivity index (χ2v) is 7.28. The quantitative estimate of drug-likeness (QED) is 0.619. The number of rotatable bonds is 3. The van der Waals surface area contributed by atoms with Gasteiger partial charge in [0.1, 0.15) is 0 Å². The van der Waals surface area contributed by atoms with E-state index in [0.717, 1.165) is 10.0 Å². The molecule has 0 radical (unpaired) electrons. The van der Waals surface area contributed by atoms with Crippen LogP contribution in [0.15, 0.2) is 64.3 Å². The minimum Gasteiger partial charge on any atom is -0.351 e. The summed E-state index contributed by atoms with van der Waals surface area (Å²) in [6.45, 7) is 1.83. The van der Waals surface area contributed by atoms with Crippen molar-refractivity contribution in [3.05, 3.63) is 74.9 Å². The van der Waals surface area contributed by atoms with Gasteiger partial charge in [0.05, 0.1) is 11.6 Å². The van der Waals surface area contributed by atoms with E-state index >= 15 is 0 Å². The predicted molar refractivity (Wildman–Crippen MR) is 109 cm³/mol. The molecule has 1 aliphatic heterocycles. The Morgan fingerprint density at radius 1 is 1.20 bits per heavy atom. The Balaban J connectivity index is 1.96. The van der Waals surface area contributed by atoms with Crippen LogP contribution in [0.3, 0.4) is 0 Å². The lowest BCUT2D eigenvalue weighted by Crippen LogP contribution is -2.45. The van der Waals surface area contributed by atoms with E-state index < -0.39 is 6.04 Å². The molecule has 7 heteroatoms. The molecule has 1 unspecified atom stereocenters. The molecule has 0 saturated heterocycles. The summed E-state index contributed by atoms with van der Waals surface area (Å²) >= 11 is 15.0. The van der Waals surface area contributed by atoms with Gasteiger partial charge in [-0.15, -0.1) is 0 Å². The summed E-state index contributed by atoms with van der Waals surface area (Å²) in [5.74, 6) is -0.216. The second-order valence-electron chi connectivity index (χ2n) is 5.55. The number of thiocarbonyl (C=S) groups is 1. The molecule has 0 fully saturated rings. The third-order valence-electron chi connectivity index (χ3n) is 3.83. The SMILES string of the molecule is CC1=C(C(=O)Nc2ccc(Br)cc2)C(c2ccccc2Cl)NC(=S)N1. The summed E-state index contributed by atoms with van der Waals surface area (Å²) in [6.07, 6.45) is 0. The average Bonchev–Trinajstić information content (AvgIpc) is 2.56. The maximum Gasteiger partial charge on any atom is 0.255 e. The Kier molecular flexibility index (Phi) is 5.42. The van der Waals surface area contributed by atoms with Crippen LogP contribution in [0.2, 0.25) is 5.02 Å². The van der Waals surface area contributed by atoms with Gasteiger partial charge >= 0.3 is 0 Å². The van der Waals surface area contributed by atoms with E-state index in [1.807, 2.05) is 49.4 Å². The first-order valence-electron chi connectivity index (χ1n) is 7.55. The van der Waals surface area contributed by atoms with Gasteiger partial charge in [-0.25, -0.2) is 0 Å². The van der Waals surface area contributed by atoms with Crippen LogP contribution in [0.1, 0.15) is 18.5 Å². The Morgan fingerprint density at radius 2 is 1.88 bits per heavy atom. The minimum absolute atomic E-state index is 0.216. The van der Waals surface area contributed by atoms with Crippen molar-refractivity contribution < 1.29 is 4.79 Å². The summed E-state index contributed by atoms with van der Waals surface area (Å²) in [5.41, 5.74) is 2.75. The summed E-state index contributed by atoms with van der Waals surface area (Å²) in [6, 6.07) is 14.4. The first-order chi connectivity index (χ1) is 12.0. The zero-order chi connectivity index (χ0) is 18.0. The molecule has 1 heterocycles. The molecule has 0 aliphatic carbocycles. The van der Waals surface area contributed by atoms with Crippen molar-refractivity contribution >= 4 is 56.5 Å². The topological polar surface area (TPSA) is 53.2 Å². The van der Waals surface area contributed by atoms with Crippen molar-refractivity contribution in [1.29, 1.82) is 0 Å². The van der Waals surface area contributed by atoms with Gasteiger partial charge < -0.3 is 16.0 Å². The summed E-state index contributed by atoms with van der Waals surface area (Å²) in [5, 5.41) is 10.1. The monoisotopic (exact) mass is 435 g/mol. The Bertz CT molecular complexity index is 867. The van der Waals surface area contributed by atoms with Gasteiger partial charge in [-0.1, -0.05) is 45.7 Å². The Labute approximate surface area is 164 Å². The van der Waals surface area contributed by atoms with Gasteiger partial charge in [-0.3, -0.25) is 4.79 Å². The van der Waals surface area contributed by atoms with E-state index in [1.54, 1.807) is 6.07 Å². The normalized spacial score (nSPS) is 16.9. The molecular formula is C18H15BrClN3OS. The van der Waals surface area contributed by atoms with E-state index in [2.05, 4.69) is 31.9 Å². The summed E-state index contributed by atoms with van der Waals surface area (Å²) < 4.78 is 0.946. The van der Waals surface area contributed by atoms with Gasteiger partial charge in [0.15, 0.2) is 5.11 Å². The number of hydrogen-bond acceptors (Lipinski definition) is 2. The zero-order valence-corrected chi connectivity index (χ0v) is 16.4. The van der Waals surface area contributed by atoms with Gasteiger partial charge in [-0.05, 0) is 55.0 Å². The van der Waals surface area contributed by atoms with Gasteiger partial charge in [0.25, 0.3) is 5.91 Å². The van der Waals surface area contributed by atoms with Crippen LogP contribution in [0.4, 0.5) is 5.69 Å². The van der Waals surface area contributed by atoms with Crippen molar-refractivity contribution in [3.63, 3.8) is 0 Å². The molecule has 25 heavy (non-hydrogen) atoms. The number of carbonyl (C=O) groups excluding carboxylic acids is 1. The molecule has 0 saturated carbocycles. The highest BCUT2D eigenvalue weighted by Gasteiger charge is 2.31. The Morgan fingerprint density at radius 3 is 2.56 bits per heavy atom. The molecule has 0 bridgehead atoms. The predicted octanol–water partition coefficient (Wildman–Crippen LogP) is 4.53. The standard InChI is InChI=1S/C18H15BrClN3OS/c1-10-15(17(24)22-12-8-6-11(19)7-9-12)16(23-18(25)21-10)13-4-2-3-5-14(13)20/h2-9,16H,1H3,(H,22,24)(H2,21,23,25). The van der Waals surface area contributed by atoms with Crippen LogP contribution in [0.25, 0.3) is 0 Å². The molecule has 4 nitrogen and oxygen atoms in total. The van der Waals surface area contributed by atoms with Crippen molar-refractivity contribution in [2.45, 2.75) is 13.0 Å². The fraction of sp³-hybridized carbons (Fsp3) is 0.111. The summed E-state index contributed by atoms with van der Waals surface area (Å²) in [7, 11) is 0. The molecule has 3 N–H and O–H groups in total. The molecule has 1 atom stereocenters. The molecule has 2 aromatic carbocycles. The van der Waals surface area contributed by atoms with Gasteiger partial charge in [0.2, 0.25) is 0 Å². The number of halogens is 2. The van der Waals surface area contributed by atoms with Crippen molar-refractivity contribution in [2.24, 2.45) is 0 Å². The number of carbonyl (C=O) groups is 1. The lowest BCUT2D eigenvalue weighted by molar-refractivity contribution is -0.113. The van der Waals surface area contributed by atoms with Crippen LogP contribution < -0.4 is 16.0 Å². The number of nitrogens with one attached hydrogen (secondary N) is 3. The second kappa shape index (κ2) is 7.56. The van der Waals surface area contributed by atoms with Crippen LogP contribution in [0, 0.1) is 0 Å². The minimum atomic E-state index is -0.419. The molecule has 2 aromatic rings. The molecular weight excluding hydrogens is 422 g/mol. The number of anilines is 1. The lowest BCUT2D eigenvalue weighted by Gasteiger charge is -2.30. The van der Waals surface area contributed by atoms with Crippen LogP contribution >= 0.6 is 39.7 Å². The third-order valence-corrected chi connectivity index (χ3v) is 4.92. The molecule has 1 aliphatic rings. The highest BCUT2D eigenvalue weighted by atomic mass is 79.9. The largest absolute Gasteiger partial charge is 0.351 e. The van der Waals surface area contributed by atoms with E-state index in [9.17, 15) is 4.79 Å². The molecule has 1 amide bonds. The Hall–Kier alpha value is -1.89. The first-order valence-corrected chi connectivity index (χ1v) is 9.13. The van der Waals surface area contributed by atoms with E-state index in [0.29, 0.717) is 27.1 Å². The van der Waals surface area contributed by atoms with Crippen LogP contribution in [-0.4, -0.2) is 11.0 Å². The number of benzene rings is 2. The van der Waals surface area contributed by atoms with Crippen LogP contribution in [0.5, 0.6) is 0 Å². The van der Waals surface area contributed by atoms with Gasteiger partial charge in [0, 0.05) is 20.9 Å². The number of allylic oxidation sites excluding steroid dienone is 1. The molecule has 128 valence electrons. The van der Waals surface area contributed by atoms with Crippen molar-refractivity contribution in [1.82, 2.24) is 10.6 Å². The molecule has 0 spiro atoms. The van der Waals surface area contributed by atoms with Gasteiger partial charge in [-0.2, -0.15) is 0 Å². The average molecular weight is 437 g/mol. The third kappa shape index (κ3) is 4.03. The summed E-state index contributed by atoms with van der Waals surface area (Å²) in [4.78, 5) is 12.9. The molecule has 3 rings (SSSR count). The van der Waals surface area contributed by atoms with Crippen molar-refractivity contribution in [3.8, 4) is 0 Å². The fourth-order valence-corrected chi connectivity index (χ4v) is 3.45. The highest BCUT2D eigenvalue weighted by molar-refractivity contribution is 9.10. The van der Waals surface area contributed by atoms with E-state index in [4.69, 9.17) is 23.8 Å². The maximum absolute atomic E-state index is 12.9. The fourth-order valence-electron chi connectivity index (χ4n) is 2.67. The number of amides is 1. The van der Waals surface area contributed by atoms with Crippen LogP contribution in [-0.2, 0) is 4.79 Å². The highest BCUT2D eigenvalue weighted by Crippen LogP contribution is 2.32. The molecule has 0 aromatic heterocycles. The number of hydrogen-bond donors (Lipinski definition) is 3. The first kappa shape index (κ1) is 17.9. The maximum atomic E-state index is 12.9.